The maximum atomic E-state index is 12.1. The van der Waals surface area contributed by atoms with Gasteiger partial charge in [0.1, 0.15) is 5.76 Å². The number of rotatable bonds is 3. The highest BCUT2D eigenvalue weighted by Gasteiger charge is 2.48. The van der Waals surface area contributed by atoms with E-state index < -0.39 is 17.7 Å². The van der Waals surface area contributed by atoms with E-state index in [1.54, 1.807) is 24.3 Å². The van der Waals surface area contributed by atoms with Crippen LogP contribution in [0.15, 0.2) is 66.2 Å². The molecular formula is C20H17NO4. The van der Waals surface area contributed by atoms with Gasteiger partial charge in [0, 0.05) is 17.9 Å². The summed E-state index contributed by atoms with van der Waals surface area (Å²) in [6.07, 6.45) is -0.0943. The first-order chi connectivity index (χ1) is 12.1. The van der Waals surface area contributed by atoms with E-state index in [0.717, 1.165) is 5.56 Å². The summed E-state index contributed by atoms with van der Waals surface area (Å²) in [5, 5.41) is 20.5. The molecule has 0 saturated heterocycles. The average molecular weight is 335 g/mol. The lowest BCUT2D eigenvalue weighted by Crippen LogP contribution is -2.46. The Labute approximate surface area is 145 Å². The summed E-state index contributed by atoms with van der Waals surface area (Å²) in [6.45, 7) is 0. The van der Waals surface area contributed by atoms with Crippen LogP contribution < -0.4 is 0 Å². The molecule has 0 aromatic heterocycles. The fourth-order valence-corrected chi connectivity index (χ4v) is 2.99. The van der Waals surface area contributed by atoms with Gasteiger partial charge < -0.3 is 14.6 Å². The van der Waals surface area contributed by atoms with Gasteiger partial charge in [-0.1, -0.05) is 60.7 Å². The maximum absolute atomic E-state index is 12.1. The third kappa shape index (κ3) is 3.12. The molecular weight excluding hydrogens is 318 g/mol. The number of aliphatic hydroxyl groups is 1. The predicted octanol–water partition coefficient (Wildman–Crippen LogP) is 2.99. The zero-order valence-electron chi connectivity index (χ0n) is 13.7. The van der Waals surface area contributed by atoms with Crippen molar-refractivity contribution < 1.29 is 19.4 Å². The summed E-state index contributed by atoms with van der Waals surface area (Å²) in [4.78, 5) is 12.1. The number of hydrogen-bond donors (Lipinski definition) is 1. The summed E-state index contributed by atoms with van der Waals surface area (Å²) in [7, 11) is 1.19. The number of nitrogens with zero attached hydrogens (tertiary/aromatic N) is 1. The molecule has 1 aliphatic rings. The van der Waals surface area contributed by atoms with Gasteiger partial charge in [0.2, 0.25) is 0 Å². The van der Waals surface area contributed by atoms with Crippen LogP contribution in [0.1, 0.15) is 23.5 Å². The molecule has 2 atom stereocenters. The van der Waals surface area contributed by atoms with E-state index in [1.807, 2.05) is 36.4 Å². The first-order valence-corrected chi connectivity index (χ1v) is 7.83. The first-order valence-electron chi connectivity index (χ1n) is 7.83. The summed E-state index contributed by atoms with van der Waals surface area (Å²) in [5.41, 5.74) is 1.80. The van der Waals surface area contributed by atoms with Gasteiger partial charge in [-0.15, -0.1) is 0 Å². The smallest absolute Gasteiger partial charge is 0.379 e. The molecule has 0 fully saturated rings. The number of carbonyl (C=O) groups is 1. The molecule has 3 rings (SSSR count). The molecule has 0 aliphatic carbocycles. The summed E-state index contributed by atoms with van der Waals surface area (Å²) < 4.78 is 10.3. The molecule has 25 heavy (non-hydrogen) atoms. The van der Waals surface area contributed by atoms with Crippen LogP contribution >= 0.6 is 0 Å². The lowest BCUT2D eigenvalue weighted by atomic mass is 9.82. The van der Waals surface area contributed by atoms with Gasteiger partial charge in [-0.3, -0.25) is 0 Å². The Morgan fingerprint density at radius 1 is 1.20 bits per heavy atom. The largest absolute Gasteiger partial charge is 0.464 e. The molecule has 0 unspecified atom stereocenters. The van der Waals surface area contributed by atoms with Crippen molar-refractivity contribution in [3.05, 3.63) is 77.4 Å². The number of hydrogen-bond acceptors (Lipinski definition) is 5. The number of nitriles is 1. The molecule has 0 amide bonds. The van der Waals surface area contributed by atoms with Crippen LogP contribution in [-0.4, -0.2) is 24.0 Å². The normalized spacial score (nSPS) is 22.7. The van der Waals surface area contributed by atoms with Crippen molar-refractivity contribution in [2.24, 2.45) is 0 Å². The van der Waals surface area contributed by atoms with Gasteiger partial charge >= 0.3 is 11.8 Å². The van der Waals surface area contributed by atoms with E-state index in [2.05, 4.69) is 6.07 Å². The molecule has 2 aromatic rings. The highest BCUT2D eigenvalue weighted by molar-refractivity contribution is 5.81. The van der Waals surface area contributed by atoms with E-state index in [-0.39, 0.29) is 12.2 Å². The average Bonchev–Trinajstić information content (AvgIpc) is 2.68. The Hall–Kier alpha value is -3.10. The minimum Gasteiger partial charge on any atom is -0.464 e. The number of allylic oxidation sites excluding steroid dienone is 1. The lowest BCUT2D eigenvalue weighted by Gasteiger charge is -2.36. The Balaban J connectivity index is 2.19. The zero-order valence-corrected chi connectivity index (χ0v) is 13.7. The van der Waals surface area contributed by atoms with E-state index in [4.69, 9.17) is 9.47 Å². The number of esters is 1. The van der Waals surface area contributed by atoms with Gasteiger partial charge in [0.15, 0.2) is 0 Å². The van der Waals surface area contributed by atoms with Crippen molar-refractivity contribution >= 4 is 11.7 Å². The van der Waals surface area contributed by atoms with Gasteiger partial charge in [0.25, 0.3) is 0 Å². The van der Waals surface area contributed by atoms with Gasteiger partial charge in [-0.25, -0.2) is 4.79 Å². The van der Waals surface area contributed by atoms with Crippen LogP contribution in [0.2, 0.25) is 0 Å². The number of ether oxygens (including phenoxy) is 2. The SMILES string of the molecule is COC(=O)[C@]1(O)C[C@H](c2ccccc2)C(C#N)=C(c2ccccc2)O1. The predicted molar refractivity (Wildman–Crippen MR) is 90.8 cm³/mol. The van der Waals surface area contributed by atoms with Crippen LogP contribution in [-0.2, 0) is 14.3 Å². The number of benzene rings is 2. The van der Waals surface area contributed by atoms with E-state index in [9.17, 15) is 15.2 Å². The van der Waals surface area contributed by atoms with Crippen molar-refractivity contribution in [2.45, 2.75) is 18.1 Å². The molecule has 1 N–H and O–H groups in total. The van der Waals surface area contributed by atoms with Crippen molar-refractivity contribution in [3.8, 4) is 6.07 Å². The number of carbonyl (C=O) groups excluding carboxylic acids is 1. The molecule has 1 aliphatic heterocycles. The second-order valence-corrected chi connectivity index (χ2v) is 5.77. The summed E-state index contributed by atoms with van der Waals surface area (Å²) in [6, 6.07) is 20.4. The lowest BCUT2D eigenvalue weighted by molar-refractivity contribution is -0.210. The van der Waals surface area contributed by atoms with Crippen molar-refractivity contribution in [2.75, 3.05) is 7.11 Å². The molecule has 0 spiro atoms. The molecule has 126 valence electrons. The Morgan fingerprint density at radius 2 is 1.80 bits per heavy atom. The van der Waals surface area contributed by atoms with Gasteiger partial charge in [0.05, 0.1) is 18.8 Å². The second-order valence-electron chi connectivity index (χ2n) is 5.77. The molecule has 0 radical (unpaired) electrons. The van der Waals surface area contributed by atoms with E-state index >= 15 is 0 Å². The van der Waals surface area contributed by atoms with Crippen LogP contribution in [0.4, 0.5) is 0 Å². The monoisotopic (exact) mass is 335 g/mol. The molecule has 1 heterocycles. The molecule has 2 aromatic carbocycles. The highest BCUT2D eigenvalue weighted by Crippen LogP contribution is 2.44. The van der Waals surface area contributed by atoms with Crippen molar-refractivity contribution in [1.82, 2.24) is 0 Å². The molecule has 0 saturated carbocycles. The Morgan fingerprint density at radius 3 is 2.36 bits per heavy atom. The minimum absolute atomic E-state index is 0.0943. The van der Waals surface area contributed by atoms with Crippen molar-refractivity contribution in [3.63, 3.8) is 0 Å². The fourth-order valence-electron chi connectivity index (χ4n) is 2.99. The molecule has 5 heteroatoms. The van der Waals surface area contributed by atoms with Crippen molar-refractivity contribution in [1.29, 1.82) is 5.26 Å². The molecule has 5 nitrogen and oxygen atoms in total. The van der Waals surface area contributed by atoms with E-state index in [0.29, 0.717) is 11.1 Å². The number of methoxy groups -OCH3 is 1. The van der Waals surface area contributed by atoms with Gasteiger partial charge in [-0.2, -0.15) is 5.26 Å². The second kappa shape index (κ2) is 6.80. The first kappa shape index (κ1) is 16.7. The summed E-state index contributed by atoms with van der Waals surface area (Å²) in [5.74, 6) is -3.34. The molecule has 0 bridgehead atoms. The van der Waals surface area contributed by atoms with E-state index in [1.165, 1.54) is 7.11 Å². The fraction of sp³-hybridized carbons (Fsp3) is 0.200. The van der Waals surface area contributed by atoms with Crippen LogP contribution in [0.5, 0.6) is 0 Å². The topological polar surface area (TPSA) is 79.5 Å². The standard InChI is InChI=1S/C20H17NO4/c1-24-19(22)20(23)12-16(14-8-4-2-5-9-14)17(13-21)18(25-20)15-10-6-3-7-11-15/h2-11,16,23H,12H2,1H3/t16-,20+/m1/s1. The van der Waals surface area contributed by atoms with Crippen LogP contribution in [0, 0.1) is 11.3 Å². The minimum atomic E-state index is -2.15. The summed E-state index contributed by atoms with van der Waals surface area (Å²) >= 11 is 0. The quantitative estimate of drug-likeness (QED) is 0.872. The van der Waals surface area contributed by atoms with Crippen LogP contribution in [0.25, 0.3) is 5.76 Å². The highest BCUT2D eigenvalue weighted by atomic mass is 16.7. The Kier molecular flexibility index (Phi) is 4.55. The van der Waals surface area contributed by atoms with Gasteiger partial charge in [-0.05, 0) is 5.56 Å². The van der Waals surface area contributed by atoms with Crippen LogP contribution in [0.3, 0.4) is 0 Å². The third-order valence-corrected chi connectivity index (χ3v) is 4.21. The maximum Gasteiger partial charge on any atom is 0.379 e. The Bertz CT molecular complexity index is 839. The third-order valence-electron chi connectivity index (χ3n) is 4.21. The zero-order chi connectivity index (χ0) is 17.9.